The Morgan fingerprint density at radius 3 is 2.56 bits per heavy atom. The maximum atomic E-state index is 13.5. The number of carbonyl (C=O) groups excluding carboxylic acids is 1. The van der Waals surface area contributed by atoms with Crippen molar-refractivity contribution in [3.8, 4) is 5.75 Å². The van der Waals surface area contributed by atoms with E-state index in [9.17, 15) is 4.79 Å². The second-order valence-corrected chi connectivity index (χ2v) is 8.41. The van der Waals surface area contributed by atoms with Gasteiger partial charge in [-0.15, -0.1) is 0 Å². The van der Waals surface area contributed by atoms with Crippen molar-refractivity contribution < 1.29 is 9.53 Å². The van der Waals surface area contributed by atoms with E-state index in [1.165, 1.54) is 16.5 Å². The third-order valence-electron chi connectivity index (χ3n) is 6.49. The van der Waals surface area contributed by atoms with Crippen molar-refractivity contribution in [2.24, 2.45) is 0 Å². The lowest BCUT2D eigenvalue weighted by Gasteiger charge is -2.36. The van der Waals surface area contributed by atoms with E-state index in [1.54, 1.807) is 7.11 Å². The number of aryl methyl sites for hydroxylation is 2. The molecule has 0 bridgehead atoms. The van der Waals surface area contributed by atoms with Crippen LogP contribution in [0.25, 0.3) is 10.9 Å². The minimum absolute atomic E-state index is 0.0987. The summed E-state index contributed by atoms with van der Waals surface area (Å²) in [6.07, 6.45) is 0.812. The molecule has 2 heterocycles. The number of H-pyrrole nitrogens is 1. The molecule has 3 aromatic carbocycles. The van der Waals surface area contributed by atoms with Crippen molar-refractivity contribution in [1.29, 1.82) is 0 Å². The number of ether oxygens (including phenoxy) is 1. The van der Waals surface area contributed by atoms with E-state index >= 15 is 0 Å². The third kappa shape index (κ3) is 3.50. The summed E-state index contributed by atoms with van der Waals surface area (Å²) in [4.78, 5) is 19.0. The number of aromatic nitrogens is 1. The number of nitrogens with one attached hydrogen (secondary N) is 2. The van der Waals surface area contributed by atoms with Gasteiger partial charge in [0.1, 0.15) is 5.75 Å². The van der Waals surface area contributed by atoms with Gasteiger partial charge in [0.2, 0.25) is 0 Å². The SMILES string of the molecule is COc1ccc([C@@H]2c3[nH]c4ccccc4c3CCN2C(=O)Nc2ccc(C)c(C)c2)cc1. The molecular formula is C27H27N3O2. The maximum absolute atomic E-state index is 13.5. The van der Waals surface area contributed by atoms with Gasteiger partial charge < -0.3 is 19.9 Å². The Kier molecular flexibility index (Phi) is 5.10. The molecule has 0 fully saturated rings. The average Bonchev–Trinajstić information content (AvgIpc) is 3.19. The Labute approximate surface area is 188 Å². The Bertz CT molecular complexity index is 1290. The molecule has 1 aliphatic rings. The Morgan fingerprint density at radius 1 is 1.03 bits per heavy atom. The van der Waals surface area contributed by atoms with Gasteiger partial charge in [0.25, 0.3) is 0 Å². The highest BCUT2D eigenvalue weighted by atomic mass is 16.5. The summed E-state index contributed by atoms with van der Waals surface area (Å²) in [5.41, 5.74) is 7.70. The molecule has 0 spiro atoms. The fraction of sp³-hybridized carbons (Fsp3) is 0.222. The molecule has 4 aromatic rings. The fourth-order valence-electron chi connectivity index (χ4n) is 4.61. The van der Waals surface area contributed by atoms with E-state index in [4.69, 9.17) is 4.74 Å². The van der Waals surface area contributed by atoms with Crippen molar-refractivity contribution in [3.05, 3.63) is 94.7 Å². The van der Waals surface area contributed by atoms with E-state index in [0.717, 1.165) is 40.2 Å². The monoisotopic (exact) mass is 425 g/mol. The molecule has 0 saturated carbocycles. The number of anilines is 1. The second-order valence-electron chi connectivity index (χ2n) is 8.41. The standard InChI is InChI=1S/C27H27N3O2/c1-17-8-11-20(16-18(17)2)28-27(31)30-15-14-23-22-6-4-5-7-24(22)29-25(23)26(30)19-9-12-21(32-3)13-10-19/h4-13,16,26,29H,14-15H2,1-3H3,(H,28,31)/t26-/m1/s1. The molecule has 162 valence electrons. The van der Waals surface area contributed by atoms with Crippen molar-refractivity contribution in [3.63, 3.8) is 0 Å². The largest absolute Gasteiger partial charge is 0.497 e. The van der Waals surface area contributed by atoms with E-state index in [0.29, 0.717) is 6.54 Å². The van der Waals surface area contributed by atoms with Crippen LogP contribution in [0.1, 0.15) is 34.0 Å². The molecule has 5 rings (SSSR count). The zero-order valence-electron chi connectivity index (χ0n) is 18.6. The normalized spacial score (nSPS) is 15.5. The van der Waals surface area contributed by atoms with Gasteiger partial charge in [-0.2, -0.15) is 0 Å². The predicted molar refractivity (Wildman–Crippen MR) is 128 cm³/mol. The minimum atomic E-state index is -0.205. The molecule has 5 nitrogen and oxygen atoms in total. The van der Waals surface area contributed by atoms with E-state index < -0.39 is 0 Å². The summed E-state index contributed by atoms with van der Waals surface area (Å²) >= 11 is 0. The van der Waals surface area contributed by atoms with E-state index in [2.05, 4.69) is 42.3 Å². The molecule has 32 heavy (non-hydrogen) atoms. The highest BCUT2D eigenvalue weighted by Crippen LogP contribution is 2.39. The van der Waals surface area contributed by atoms with Crippen LogP contribution in [0.4, 0.5) is 10.5 Å². The first-order chi connectivity index (χ1) is 15.5. The zero-order valence-corrected chi connectivity index (χ0v) is 18.6. The van der Waals surface area contributed by atoms with E-state index in [1.807, 2.05) is 53.4 Å². The van der Waals surface area contributed by atoms with Crippen LogP contribution >= 0.6 is 0 Å². The molecule has 0 unspecified atom stereocenters. The number of hydrogen-bond donors (Lipinski definition) is 2. The van der Waals surface area contributed by atoms with Crippen molar-refractivity contribution in [1.82, 2.24) is 9.88 Å². The number of rotatable bonds is 3. The number of fused-ring (bicyclic) bond motifs is 3. The number of benzene rings is 3. The van der Waals surface area contributed by atoms with Crippen LogP contribution in [-0.4, -0.2) is 29.6 Å². The predicted octanol–water partition coefficient (Wildman–Crippen LogP) is 5.97. The highest BCUT2D eigenvalue weighted by molar-refractivity contribution is 5.91. The Balaban J connectivity index is 1.55. The van der Waals surface area contributed by atoms with Gasteiger partial charge in [0.15, 0.2) is 0 Å². The molecule has 2 N–H and O–H groups in total. The second kappa shape index (κ2) is 8.08. The molecule has 1 aromatic heterocycles. The zero-order chi connectivity index (χ0) is 22.2. The minimum Gasteiger partial charge on any atom is -0.497 e. The summed E-state index contributed by atoms with van der Waals surface area (Å²) in [7, 11) is 1.66. The van der Waals surface area contributed by atoms with Gasteiger partial charge in [0.05, 0.1) is 13.2 Å². The van der Waals surface area contributed by atoms with Crippen LogP contribution in [0.3, 0.4) is 0 Å². The van der Waals surface area contributed by atoms with Crippen molar-refractivity contribution in [2.75, 3.05) is 19.0 Å². The molecule has 2 amide bonds. The summed E-state index contributed by atoms with van der Waals surface area (Å²) in [5.74, 6) is 0.799. The van der Waals surface area contributed by atoms with Crippen molar-refractivity contribution in [2.45, 2.75) is 26.3 Å². The van der Waals surface area contributed by atoms with Gasteiger partial charge in [-0.25, -0.2) is 4.79 Å². The van der Waals surface area contributed by atoms with Gasteiger partial charge in [-0.1, -0.05) is 36.4 Å². The molecule has 0 saturated heterocycles. The van der Waals surface area contributed by atoms with Crippen LogP contribution in [0.5, 0.6) is 5.75 Å². The van der Waals surface area contributed by atoms with Gasteiger partial charge in [-0.05, 0) is 72.9 Å². The first-order valence-corrected chi connectivity index (χ1v) is 10.9. The number of hydrogen-bond acceptors (Lipinski definition) is 2. The maximum Gasteiger partial charge on any atom is 0.322 e. The van der Waals surface area contributed by atoms with Crippen LogP contribution in [0, 0.1) is 13.8 Å². The number of urea groups is 1. The van der Waals surface area contributed by atoms with Gasteiger partial charge >= 0.3 is 6.03 Å². The number of para-hydroxylation sites is 1. The third-order valence-corrected chi connectivity index (χ3v) is 6.49. The quantitative estimate of drug-likeness (QED) is 0.425. The molecule has 1 atom stereocenters. The number of carbonyl (C=O) groups is 1. The van der Waals surface area contributed by atoms with Gasteiger partial charge in [-0.3, -0.25) is 0 Å². The summed E-state index contributed by atoms with van der Waals surface area (Å²) in [5, 5.41) is 4.35. The fourth-order valence-corrected chi connectivity index (χ4v) is 4.61. The van der Waals surface area contributed by atoms with Gasteiger partial charge in [0, 0.05) is 28.8 Å². The van der Waals surface area contributed by atoms with Crippen LogP contribution in [0.15, 0.2) is 66.7 Å². The smallest absolute Gasteiger partial charge is 0.322 e. The highest BCUT2D eigenvalue weighted by Gasteiger charge is 2.34. The first-order valence-electron chi connectivity index (χ1n) is 10.9. The number of nitrogens with zero attached hydrogens (tertiary/aromatic N) is 1. The lowest BCUT2D eigenvalue weighted by Crippen LogP contribution is -2.43. The summed E-state index contributed by atoms with van der Waals surface area (Å²) in [6, 6.07) is 22.1. The lowest BCUT2D eigenvalue weighted by molar-refractivity contribution is 0.193. The number of methoxy groups -OCH3 is 1. The average molecular weight is 426 g/mol. The van der Waals surface area contributed by atoms with Crippen LogP contribution in [0.2, 0.25) is 0 Å². The van der Waals surface area contributed by atoms with E-state index in [-0.39, 0.29) is 12.1 Å². The summed E-state index contributed by atoms with van der Waals surface area (Å²) < 4.78 is 5.35. The molecule has 1 aliphatic heterocycles. The number of amides is 2. The topological polar surface area (TPSA) is 57.4 Å². The van der Waals surface area contributed by atoms with Crippen LogP contribution in [-0.2, 0) is 6.42 Å². The Morgan fingerprint density at radius 2 is 1.81 bits per heavy atom. The first kappa shape index (κ1) is 20.2. The molecule has 0 aliphatic carbocycles. The molecular weight excluding hydrogens is 398 g/mol. The summed E-state index contributed by atoms with van der Waals surface area (Å²) in [6.45, 7) is 4.77. The Hall–Kier alpha value is -3.73. The lowest BCUT2D eigenvalue weighted by atomic mass is 9.92. The van der Waals surface area contributed by atoms with Crippen LogP contribution < -0.4 is 10.1 Å². The van der Waals surface area contributed by atoms with Crippen molar-refractivity contribution >= 4 is 22.6 Å². The molecule has 0 radical (unpaired) electrons. The molecule has 5 heteroatoms. The number of aromatic amines is 1.